The summed E-state index contributed by atoms with van der Waals surface area (Å²) >= 11 is 6.49. The first-order valence-corrected chi connectivity index (χ1v) is 10.0. The summed E-state index contributed by atoms with van der Waals surface area (Å²) in [5.74, 6) is -0.524. The quantitative estimate of drug-likeness (QED) is 0.576. The number of amides is 2. The van der Waals surface area contributed by atoms with Crippen LogP contribution < -0.4 is 5.32 Å². The molecule has 1 heterocycles. The van der Waals surface area contributed by atoms with Crippen molar-refractivity contribution in [2.75, 3.05) is 11.9 Å². The Morgan fingerprint density at radius 2 is 1.89 bits per heavy atom. The molecule has 0 unspecified atom stereocenters. The Balaban J connectivity index is 1.63. The van der Waals surface area contributed by atoms with Crippen molar-refractivity contribution in [1.29, 1.82) is 0 Å². The van der Waals surface area contributed by atoms with E-state index in [-0.39, 0.29) is 18.4 Å². The number of allylic oxidation sites excluding steroid dienone is 2. The van der Waals surface area contributed by atoms with E-state index in [1.54, 1.807) is 6.08 Å². The largest absolute Gasteiger partial charge is 0.325 e. The van der Waals surface area contributed by atoms with E-state index < -0.39 is 0 Å². The first-order valence-electron chi connectivity index (χ1n) is 8.78. The molecule has 1 aliphatic rings. The molecule has 2 aromatic carbocycles. The minimum atomic E-state index is -0.277. The number of aryl methyl sites for hydroxylation is 2. The van der Waals surface area contributed by atoms with Crippen LogP contribution in [-0.2, 0) is 9.59 Å². The number of carbonyl (C=O) groups excluding carboxylic acids is 2. The summed E-state index contributed by atoms with van der Waals surface area (Å²) in [5, 5.41) is 2.82. The lowest BCUT2D eigenvalue weighted by Gasteiger charge is -2.14. The van der Waals surface area contributed by atoms with E-state index in [9.17, 15) is 9.59 Å². The number of carbonyl (C=O) groups is 2. The topological polar surface area (TPSA) is 49.4 Å². The summed E-state index contributed by atoms with van der Waals surface area (Å²) in [5.41, 5.74) is 4.00. The Kier molecular flexibility index (Phi) is 6.44. The molecule has 0 radical (unpaired) electrons. The van der Waals surface area contributed by atoms with Crippen molar-refractivity contribution in [2.24, 2.45) is 0 Å². The molecule has 1 fully saturated rings. The van der Waals surface area contributed by atoms with Gasteiger partial charge in [-0.2, -0.15) is 0 Å². The molecule has 3 rings (SSSR count). The average Bonchev–Trinajstić information content (AvgIpc) is 2.93. The Hall–Kier alpha value is -2.70. The molecular weight excluding hydrogens is 388 g/mol. The first-order chi connectivity index (χ1) is 13.4. The fourth-order valence-corrected chi connectivity index (χ4v) is 3.83. The third-order valence-corrected chi connectivity index (χ3v) is 5.70. The van der Waals surface area contributed by atoms with Gasteiger partial charge in [0.2, 0.25) is 5.91 Å². The minimum absolute atomic E-state index is 0.0999. The lowest BCUT2D eigenvalue weighted by atomic mass is 10.1. The van der Waals surface area contributed by atoms with Crippen LogP contribution in [0.15, 0.2) is 65.6 Å². The number of rotatable bonds is 5. The Labute approximate surface area is 174 Å². The van der Waals surface area contributed by atoms with Crippen molar-refractivity contribution in [1.82, 2.24) is 4.90 Å². The molecule has 0 bridgehead atoms. The third kappa shape index (κ3) is 4.97. The molecule has 1 saturated heterocycles. The molecule has 0 spiro atoms. The summed E-state index contributed by atoms with van der Waals surface area (Å²) in [4.78, 5) is 26.8. The van der Waals surface area contributed by atoms with Crippen molar-refractivity contribution in [3.63, 3.8) is 0 Å². The molecule has 1 N–H and O–H groups in total. The lowest BCUT2D eigenvalue weighted by Crippen LogP contribution is -2.36. The fourth-order valence-electron chi connectivity index (χ4n) is 2.62. The van der Waals surface area contributed by atoms with Crippen LogP contribution in [0.25, 0.3) is 6.08 Å². The van der Waals surface area contributed by atoms with Gasteiger partial charge in [0.25, 0.3) is 5.91 Å². The van der Waals surface area contributed by atoms with Gasteiger partial charge in [0.1, 0.15) is 10.9 Å². The van der Waals surface area contributed by atoms with E-state index in [0.717, 1.165) is 16.7 Å². The summed E-state index contributed by atoms with van der Waals surface area (Å²) in [6.07, 6.45) is 5.46. The van der Waals surface area contributed by atoms with Gasteiger partial charge in [-0.25, -0.2) is 0 Å². The molecule has 0 atom stereocenters. The van der Waals surface area contributed by atoms with E-state index in [2.05, 4.69) is 5.32 Å². The molecule has 2 aromatic rings. The molecule has 0 saturated carbocycles. The van der Waals surface area contributed by atoms with Crippen molar-refractivity contribution in [2.45, 2.75) is 13.8 Å². The maximum Gasteiger partial charge on any atom is 0.266 e. The zero-order valence-electron chi connectivity index (χ0n) is 15.6. The third-order valence-electron chi connectivity index (χ3n) is 4.30. The molecule has 2 amide bonds. The number of thiocarbonyl (C=S) groups is 1. The van der Waals surface area contributed by atoms with Crippen LogP contribution in [0.2, 0.25) is 0 Å². The Morgan fingerprint density at radius 3 is 2.61 bits per heavy atom. The molecule has 4 nitrogen and oxygen atoms in total. The molecule has 1 aliphatic heterocycles. The average molecular weight is 409 g/mol. The zero-order chi connectivity index (χ0) is 20.1. The predicted molar refractivity (Wildman–Crippen MR) is 120 cm³/mol. The van der Waals surface area contributed by atoms with Gasteiger partial charge in [-0.1, -0.05) is 72.5 Å². The van der Waals surface area contributed by atoms with Crippen LogP contribution in [-0.4, -0.2) is 27.6 Å². The summed E-state index contributed by atoms with van der Waals surface area (Å²) in [6, 6.07) is 15.5. The van der Waals surface area contributed by atoms with Gasteiger partial charge < -0.3 is 5.32 Å². The summed E-state index contributed by atoms with van der Waals surface area (Å²) < 4.78 is 0.389. The fraction of sp³-hybridized carbons (Fsp3) is 0.136. The van der Waals surface area contributed by atoms with E-state index >= 15 is 0 Å². The maximum absolute atomic E-state index is 12.6. The highest BCUT2D eigenvalue weighted by molar-refractivity contribution is 8.26. The number of hydrogen-bond donors (Lipinski definition) is 1. The van der Waals surface area contributed by atoms with E-state index in [1.165, 1.54) is 16.7 Å². The minimum Gasteiger partial charge on any atom is -0.325 e. The highest BCUT2D eigenvalue weighted by Gasteiger charge is 2.33. The van der Waals surface area contributed by atoms with Crippen molar-refractivity contribution in [3.05, 3.63) is 82.3 Å². The highest BCUT2D eigenvalue weighted by atomic mass is 32.2. The van der Waals surface area contributed by atoms with Gasteiger partial charge in [-0.05, 0) is 48.7 Å². The Morgan fingerprint density at radius 1 is 1.14 bits per heavy atom. The van der Waals surface area contributed by atoms with Gasteiger partial charge in [-0.3, -0.25) is 14.5 Å². The monoisotopic (exact) mass is 408 g/mol. The molecule has 28 heavy (non-hydrogen) atoms. The number of anilines is 1. The molecule has 6 heteroatoms. The van der Waals surface area contributed by atoms with Crippen LogP contribution in [0.1, 0.15) is 16.7 Å². The van der Waals surface area contributed by atoms with Gasteiger partial charge in [0.05, 0.1) is 4.91 Å². The summed E-state index contributed by atoms with van der Waals surface area (Å²) in [6.45, 7) is 3.90. The molecule has 0 aliphatic carbocycles. The van der Waals surface area contributed by atoms with Gasteiger partial charge >= 0.3 is 0 Å². The van der Waals surface area contributed by atoms with E-state index in [0.29, 0.717) is 14.9 Å². The highest BCUT2D eigenvalue weighted by Crippen LogP contribution is 2.30. The van der Waals surface area contributed by atoms with Crippen LogP contribution in [0, 0.1) is 13.8 Å². The number of thioether (sulfide) groups is 1. The smallest absolute Gasteiger partial charge is 0.266 e. The van der Waals surface area contributed by atoms with Crippen molar-refractivity contribution in [3.8, 4) is 0 Å². The number of benzene rings is 2. The molecule has 0 aromatic heterocycles. The maximum atomic E-state index is 12.6. The summed E-state index contributed by atoms with van der Waals surface area (Å²) in [7, 11) is 0. The van der Waals surface area contributed by atoms with Gasteiger partial charge in [0, 0.05) is 5.69 Å². The van der Waals surface area contributed by atoms with Crippen LogP contribution in [0.3, 0.4) is 0 Å². The first kappa shape index (κ1) is 20.0. The lowest BCUT2D eigenvalue weighted by molar-refractivity contribution is -0.126. The van der Waals surface area contributed by atoms with Gasteiger partial charge in [0.15, 0.2) is 0 Å². The van der Waals surface area contributed by atoms with Crippen LogP contribution in [0.4, 0.5) is 5.69 Å². The zero-order valence-corrected chi connectivity index (χ0v) is 17.3. The van der Waals surface area contributed by atoms with Gasteiger partial charge in [-0.15, -0.1) is 0 Å². The number of nitrogens with one attached hydrogen (secondary N) is 1. The number of hydrogen-bond acceptors (Lipinski definition) is 4. The molecular formula is C22H20N2O2S2. The van der Waals surface area contributed by atoms with Crippen molar-refractivity contribution < 1.29 is 9.59 Å². The second-order valence-electron chi connectivity index (χ2n) is 6.41. The second kappa shape index (κ2) is 8.99. The van der Waals surface area contributed by atoms with Crippen LogP contribution >= 0.6 is 24.0 Å². The van der Waals surface area contributed by atoms with E-state index in [4.69, 9.17) is 12.2 Å². The SMILES string of the molecule is Cc1ccc(NC(=O)CN2C(=O)C(=CC=Cc3ccccc3)SC2=S)cc1C. The van der Waals surface area contributed by atoms with E-state index in [1.807, 2.05) is 74.5 Å². The second-order valence-corrected chi connectivity index (χ2v) is 8.08. The predicted octanol–water partition coefficient (Wildman–Crippen LogP) is 4.70. The Bertz CT molecular complexity index is 981. The number of nitrogens with zero attached hydrogens (tertiary/aromatic N) is 1. The standard InChI is InChI=1S/C22H20N2O2S2/c1-15-11-12-18(13-16(15)2)23-20(25)14-24-21(26)19(28-22(24)27)10-6-9-17-7-4-3-5-8-17/h3-13H,14H2,1-2H3,(H,23,25). The van der Waals surface area contributed by atoms with Crippen LogP contribution in [0.5, 0.6) is 0 Å². The van der Waals surface area contributed by atoms with Crippen molar-refractivity contribution >= 4 is 51.9 Å². The molecule has 142 valence electrons. The normalized spacial score (nSPS) is 15.6.